The molecule has 0 radical (unpaired) electrons. The van der Waals surface area contributed by atoms with Crippen molar-refractivity contribution < 1.29 is 18.7 Å². The molecule has 1 aromatic carbocycles. The van der Waals surface area contributed by atoms with Crippen molar-refractivity contribution in [2.24, 2.45) is 0 Å². The highest BCUT2D eigenvalue weighted by atomic mass is 19.1. The largest absolute Gasteiger partial charge is 0.439 e. The van der Waals surface area contributed by atoms with Crippen molar-refractivity contribution in [3.63, 3.8) is 0 Å². The van der Waals surface area contributed by atoms with E-state index >= 15 is 0 Å². The molecular formula is C24H22FN3O3. The number of carbonyl (C=O) groups excluding carboxylic acids is 2. The molecule has 158 valence electrons. The van der Waals surface area contributed by atoms with E-state index in [2.05, 4.69) is 9.97 Å². The van der Waals surface area contributed by atoms with Crippen LogP contribution in [0.5, 0.6) is 11.6 Å². The highest BCUT2D eigenvalue weighted by molar-refractivity contribution is 5.92. The molecule has 1 aliphatic rings. The second-order valence-corrected chi connectivity index (χ2v) is 7.43. The number of halogens is 1. The van der Waals surface area contributed by atoms with Gasteiger partial charge in [-0.25, -0.2) is 14.4 Å². The molecule has 3 heterocycles. The molecule has 0 N–H and O–H groups in total. The highest BCUT2D eigenvalue weighted by Gasteiger charge is 2.30. The molecule has 31 heavy (non-hydrogen) atoms. The van der Waals surface area contributed by atoms with Crippen molar-refractivity contribution >= 4 is 12.2 Å². The Hall–Kier alpha value is -3.61. The summed E-state index contributed by atoms with van der Waals surface area (Å²) >= 11 is 0. The van der Waals surface area contributed by atoms with Gasteiger partial charge in [-0.1, -0.05) is 19.1 Å². The lowest BCUT2D eigenvalue weighted by atomic mass is 9.94. The molecule has 0 saturated carbocycles. The van der Waals surface area contributed by atoms with Crippen LogP contribution in [0.15, 0.2) is 54.9 Å². The van der Waals surface area contributed by atoms with Crippen LogP contribution >= 0.6 is 0 Å². The predicted octanol–water partition coefficient (Wildman–Crippen LogP) is 4.41. The average molecular weight is 419 g/mol. The van der Waals surface area contributed by atoms with Gasteiger partial charge in [0.05, 0.1) is 6.20 Å². The van der Waals surface area contributed by atoms with Crippen molar-refractivity contribution in [1.82, 2.24) is 14.9 Å². The van der Waals surface area contributed by atoms with Crippen molar-refractivity contribution in [1.29, 1.82) is 0 Å². The molecule has 1 unspecified atom stereocenters. The number of aldehydes is 1. The van der Waals surface area contributed by atoms with E-state index in [-0.39, 0.29) is 17.5 Å². The van der Waals surface area contributed by atoms with Crippen LogP contribution in [0, 0.1) is 5.82 Å². The first-order valence-electron chi connectivity index (χ1n) is 10.2. The van der Waals surface area contributed by atoms with E-state index in [0.717, 1.165) is 36.5 Å². The van der Waals surface area contributed by atoms with Crippen LogP contribution in [-0.4, -0.2) is 40.2 Å². The summed E-state index contributed by atoms with van der Waals surface area (Å²) < 4.78 is 19.0. The van der Waals surface area contributed by atoms with Crippen LogP contribution in [0.1, 0.15) is 51.2 Å². The first-order valence-corrected chi connectivity index (χ1v) is 10.2. The van der Waals surface area contributed by atoms with Gasteiger partial charge < -0.3 is 9.64 Å². The van der Waals surface area contributed by atoms with Gasteiger partial charge in [0.2, 0.25) is 5.88 Å². The van der Waals surface area contributed by atoms with Gasteiger partial charge in [-0.2, -0.15) is 0 Å². The SMILES string of the molecule is CCc1cccnc1Oc1ccc(C2CCN(C(=O)c3ccc(F)cn3)C2)c(C=O)c1. The summed E-state index contributed by atoms with van der Waals surface area (Å²) in [4.78, 5) is 34.3. The Labute approximate surface area is 179 Å². The Morgan fingerprint density at radius 3 is 2.87 bits per heavy atom. The second kappa shape index (κ2) is 9.04. The lowest BCUT2D eigenvalue weighted by molar-refractivity contribution is 0.0785. The quantitative estimate of drug-likeness (QED) is 0.554. The van der Waals surface area contributed by atoms with Crippen LogP contribution < -0.4 is 4.74 Å². The summed E-state index contributed by atoms with van der Waals surface area (Å²) in [7, 11) is 0. The predicted molar refractivity (Wildman–Crippen MR) is 113 cm³/mol. The molecule has 6 nitrogen and oxygen atoms in total. The zero-order chi connectivity index (χ0) is 21.8. The number of aryl methyl sites for hydroxylation is 1. The fourth-order valence-corrected chi connectivity index (χ4v) is 3.85. The minimum Gasteiger partial charge on any atom is -0.439 e. The van der Waals surface area contributed by atoms with Crippen LogP contribution in [0.3, 0.4) is 0 Å². The van der Waals surface area contributed by atoms with Crippen LogP contribution in [0.4, 0.5) is 4.39 Å². The van der Waals surface area contributed by atoms with Crippen LogP contribution in [0.2, 0.25) is 0 Å². The maximum Gasteiger partial charge on any atom is 0.272 e. The van der Waals surface area contributed by atoms with Crippen molar-refractivity contribution in [3.8, 4) is 11.6 Å². The fourth-order valence-electron chi connectivity index (χ4n) is 3.85. The van der Waals surface area contributed by atoms with Gasteiger partial charge in [0.15, 0.2) is 0 Å². The summed E-state index contributed by atoms with van der Waals surface area (Å²) in [5.41, 5.74) is 2.61. The fraction of sp³-hybridized carbons (Fsp3) is 0.250. The number of rotatable bonds is 6. The minimum atomic E-state index is -0.481. The van der Waals surface area contributed by atoms with Gasteiger partial charge in [-0.15, -0.1) is 0 Å². The molecule has 1 amide bonds. The van der Waals surface area contributed by atoms with Gasteiger partial charge in [-0.05, 0) is 48.7 Å². The van der Waals surface area contributed by atoms with Gasteiger partial charge in [0.1, 0.15) is 23.5 Å². The number of benzene rings is 1. The Bertz CT molecular complexity index is 1100. The molecule has 0 spiro atoms. The maximum atomic E-state index is 13.1. The summed E-state index contributed by atoms with van der Waals surface area (Å²) in [5.74, 6) is 0.377. The molecule has 0 aliphatic carbocycles. The lowest BCUT2D eigenvalue weighted by Crippen LogP contribution is -2.29. The second-order valence-electron chi connectivity index (χ2n) is 7.43. The number of nitrogens with zero attached hydrogens (tertiary/aromatic N) is 3. The zero-order valence-electron chi connectivity index (χ0n) is 17.1. The smallest absolute Gasteiger partial charge is 0.272 e. The van der Waals surface area contributed by atoms with E-state index in [1.54, 1.807) is 17.2 Å². The lowest BCUT2D eigenvalue weighted by Gasteiger charge is -2.17. The molecule has 0 bridgehead atoms. The Morgan fingerprint density at radius 2 is 2.13 bits per heavy atom. The Kier molecular flexibility index (Phi) is 6.02. The van der Waals surface area contributed by atoms with Gasteiger partial charge >= 0.3 is 0 Å². The summed E-state index contributed by atoms with van der Waals surface area (Å²) in [6, 6.07) is 11.8. The zero-order valence-corrected chi connectivity index (χ0v) is 17.1. The molecule has 1 atom stereocenters. The Morgan fingerprint density at radius 1 is 1.26 bits per heavy atom. The third kappa shape index (κ3) is 4.45. The van der Waals surface area contributed by atoms with Crippen molar-refractivity contribution in [3.05, 3.63) is 83.1 Å². The van der Waals surface area contributed by atoms with E-state index in [1.807, 2.05) is 31.2 Å². The standard InChI is InChI=1S/C24H22FN3O3/c1-2-16-4-3-10-26-23(16)31-20-6-7-21(18(12-20)15-29)17-9-11-28(14-17)24(30)22-8-5-19(25)13-27-22/h3-8,10,12-13,15,17H,2,9,11,14H2,1H3. The number of likely N-dealkylation sites (tertiary alicyclic amines) is 1. The van der Waals surface area contributed by atoms with E-state index in [4.69, 9.17) is 4.74 Å². The number of hydrogen-bond donors (Lipinski definition) is 0. The number of ether oxygens (including phenoxy) is 1. The van der Waals surface area contributed by atoms with Gasteiger partial charge in [0, 0.05) is 36.3 Å². The highest BCUT2D eigenvalue weighted by Crippen LogP contribution is 2.33. The summed E-state index contributed by atoms with van der Waals surface area (Å²) in [6.07, 6.45) is 5.04. The normalized spacial score (nSPS) is 15.7. The summed E-state index contributed by atoms with van der Waals surface area (Å²) in [5, 5.41) is 0. The molecule has 4 rings (SSSR count). The minimum absolute atomic E-state index is 0.0275. The van der Waals surface area contributed by atoms with Crippen LogP contribution in [0.25, 0.3) is 0 Å². The van der Waals surface area contributed by atoms with E-state index in [9.17, 15) is 14.0 Å². The van der Waals surface area contributed by atoms with E-state index < -0.39 is 5.82 Å². The van der Waals surface area contributed by atoms with E-state index in [0.29, 0.717) is 30.3 Å². The molecule has 1 saturated heterocycles. The van der Waals surface area contributed by atoms with Gasteiger partial charge in [0.25, 0.3) is 5.91 Å². The first kappa shape index (κ1) is 20.7. The topological polar surface area (TPSA) is 72.4 Å². The number of aromatic nitrogens is 2. The molecule has 1 aliphatic heterocycles. The average Bonchev–Trinajstić information content (AvgIpc) is 3.29. The van der Waals surface area contributed by atoms with E-state index in [1.165, 1.54) is 12.1 Å². The van der Waals surface area contributed by atoms with Crippen molar-refractivity contribution in [2.75, 3.05) is 13.1 Å². The monoisotopic (exact) mass is 419 g/mol. The number of carbonyl (C=O) groups is 2. The molecule has 7 heteroatoms. The maximum absolute atomic E-state index is 13.1. The molecular weight excluding hydrogens is 397 g/mol. The number of pyridine rings is 2. The molecule has 1 fully saturated rings. The third-order valence-corrected chi connectivity index (χ3v) is 5.49. The number of amides is 1. The van der Waals surface area contributed by atoms with Crippen molar-refractivity contribution in [2.45, 2.75) is 25.7 Å². The van der Waals surface area contributed by atoms with Gasteiger partial charge in [-0.3, -0.25) is 9.59 Å². The summed E-state index contributed by atoms with van der Waals surface area (Å²) in [6.45, 7) is 3.05. The molecule has 3 aromatic rings. The third-order valence-electron chi connectivity index (χ3n) is 5.49. The van der Waals surface area contributed by atoms with Crippen LogP contribution in [-0.2, 0) is 6.42 Å². The first-order chi connectivity index (χ1) is 15.1. The molecule has 2 aromatic heterocycles. The number of hydrogen-bond acceptors (Lipinski definition) is 5. The Balaban J connectivity index is 1.50.